The lowest BCUT2D eigenvalue weighted by Crippen LogP contribution is -2.34. The third-order valence-electron chi connectivity index (χ3n) is 7.05. The minimum atomic E-state index is -4.61. The molecule has 41 heavy (non-hydrogen) atoms. The van der Waals surface area contributed by atoms with Gasteiger partial charge in [-0.3, -0.25) is 9.59 Å². The van der Waals surface area contributed by atoms with E-state index in [0.717, 1.165) is 31.0 Å². The molecule has 11 heteroatoms. The molecule has 2 fully saturated rings. The van der Waals surface area contributed by atoms with Gasteiger partial charge in [-0.2, -0.15) is 13.2 Å². The Kier molecular flexibility index (Phi) is 8.23. The maximum atomic E-state index is 14.8. The maximum Gasteiger partial charge on any atom is 0.416 e. The van der Waals surface area contributed by atoms with Crippen molar-refractivity contribution in [2.75, 3.05) is 23.3 Å². The molecule has 3 aromatic rings. The Morgan fingerprint density at radius 3 is 2.37 bits per heavy atom. The summed E-state index contributed by atoms with van der Waals surface area (Å²) in [5.74, 6) is -0.824. The van der Waals surface area contributed by atoms with Crippen LogP contribution in [0.4, 0.5) is 33.5 Å². The fraction of sp³-hybridized carbons (Fsp3) is 0.367. The largest absolute Gasteiger partial charge is 0.454 e. The first-order chi connectivity index (χ1) is 19.5. The van der Waals surface area contributed by atoms with Crippen molar-refractivity contribution in [1.82, 2.24) is 4.98 Å². The van der Waals surface area contributed by atoms with Crippen LogP contribution in [0.15, 0.2) is 54.7 Å². The lowest BCUT2D eigenvalue weighted by molar-refractivity contribution is -0.137. The summed E-state index contributed by atoms with van der Waals surface area (Å²) < 4.78 is 74.7. The molecule has 0 bridgehead atoms. The van der Waals surface area contributed by atoms with Gasteiger partial charge >= 0.3 is 6.18 Å². The molecule has 0 atom stereocenters. The quantitative estimate of drug-likeness (QED) is 0.290. The molecule has 1 saturated heterocycles. The third-order valence-corrected chi connectivity index (χ3v) is 7.05. The number of benzene rings is 2. The highest BCUT2D eigenvalue weighted by Gasteiger charge is 2.32. The number of amides is 1. The number of Topliss-reactive ketones (excluding diaryl/α,β-unsaturated/α-hetero) is 1. The summed E-state index contributed by atoms with van der Waals surface area (Å²) in [5.41, 5.74) is -0.0541. The van der Waals surface area contributed by atoms with E-state index in [1.54, 1.807) is 4.90 Å². The Morgan fingerprint density at radius 1 is 0.951 bits per heavy atom. The topological polar surface area (TPSA) is 71.5 Å². The SMILES string of the molecule is O=C(Cc1cc(N2CCC(F)CC2)cc(C(F)(F)F)c1)Cc1ccc(Oc2ccnc(NC(=O)C3CC3)c2)c(F)c1. The van der Waals surface area contributed by atoms with Gasteiger partial charge < -0.3 is 15.0 Å². The van der Waals surface area contributed by atoms with Crippen molar-refractivity contribution in [3.8, 4) is 11.5 Å². The molecule has 2 aromatic carbocycles. The second kappa shape index (κ2) is 11.8. The van der Waals surface area contributed by atoms with Gasteiger partial charge in [-0.15, -0.1) is 0 Å². The first-order valence-corrected chi connectivity index (χ1v) is 13.4. The molecule has 1 saturated carbocycles. The molecule has 1 aliphatic carbocycles. The van der Waals surface area contributed by atoms with Crippen LogP contribution in [0.3, 0.4) is 0 Å². The Hall–Kier alpha value is -4.02. The van der Waals surface area contributed by atoms with Gasteiger partial charge in [0.05, 0.1) is 5.56 Å². The summed E-state index contributed by atoms with van der Waals surface area (Å²) in [6.07, 6.45) is -2.49. The zero-order chi connectivity index (χ0) is 29.1. The number of pyridine rings is 1. The van der Waals surface area contributed by atoms with Gasteiger partial charge in [0.2, 0.25) is 5.91 Å². The molecular weight excluding hydrogens is 545 g/mol. The number of carbonyl (C=O) groups excluding carboxylic acids is 2. The summed E-state index contributed by atoms with van der Waals surface area (Å²) >= 11 is 0. The Balaban J connectivity index is 1.24. The summed E-state index contributed by atoms with van der Waals surface area (Å²) in [4.78, 5) is 30.5. The molecular formula is C30H28F5N3O3. The van der Waals surface area contributed by atoms with E-state index < -0.39 is 29.5 Å². The van der Waals surface area contributed by atoms with Crippen LogP contribution in [-0.2, 0) is 28.6 Å². The Morgan fingerprint density at radius 2 is 1.68 bits per heavy atom. The number of halogens is 5. The lowest BCUT2D eigenvalue weighted by Gasteiger charge is -2.31. The fourth-order valence-electron chi connectivity index (χ4n) is 4.73. The van der Waals surface area contributed by atoms with Gasteiger partial charge in [0.1, 0.15) is 23.5 Å². The maximum absolute atomic E-state index is 14.8. The molecule has 2 aliphatic rings. The number of anilines is 2. The number of rotatable bonds is 9. The number of carbonyl (C=O) groups is 2. The van der Waals surface area contributed by atoms with E-state index in [4.69, 9.17) is 4.74 Å². The van der Waals surface area contributed by atoms with E-state index in [-0.39, 0.29) is 60.4 Å². The zero-order valence-electron chi connectivity index (χ0n) is 22.0. The highest BCUT2D eigenvalue weighted by molar-refractivity contribution is 5.93. The first kappa shape index (κ1) is 28.5. The smallest absolute Gasteiger partial charge is 0.416 e. The molecule has 6 nitrogen and oxygen atoms in total. The van der Waals surface area contributed by atoms with Crippen molar-refractivity contribution in [1.29, 1.82) is 0 Å². The average Bonchev–Trinajstić information content (AvgIpc) is 3.76. The van der Waals surface area contributed by atoms with Gasteiger partial charge in [-0.05, 0) is 73.2 Å². The van der Waals surface area contributed by atoms with Crippen molar-refractivity contribution < 1.29 is 36.3 Å². The van der Waals surface area contributed by atoms with Crippen molar-refractivity contribution in [2.24, 2.45) is 5.92 Å². The van der Waals surface area contributed by atoms with Gasteiger partial charge in [0.25, 0.3) is 0 Å². The van der Waals surface area contributed by atoms with Crippen LogP contribution in [0, 0.1) is 11.7 Å². The van der Waals surface area contributed by atoms with E-state index in [2.05, 4.69) is 10.3 Å². The van der Waals surface area contributed by atoms with Crippen molar-refractivity contribution in [2.45, 2.75) is 50.9 Å². The zero-order valence-corrected chi connectivity index (χ0v) is 22.0. The highest BCUT2D eigenvalue weighted by Crippen LogP contribution is 2.35. The van der Waals surface area contributed by atoms with Crippen LogP contribution in [0.5, 0.6) is 11.5 Å². The number of ether oxygens (including phenoxy) is 1. The molecule has 1 amide bonds. The van der Waals surface area contributed by atoms with Crippen LogP contribution >= 0.6 is 0 Å². The van der Waals surface area contributed by atoms with Crippen LogP contribution in [0.2, 0.25) is 0 Å². The Bertz CT molecular complexity index is 1430. The second-order valence-corrected chi connectivity index (χ2v) is 10.4. The lowest BCUT2D eigenvalue weighted by atomic mass is 9.99. The minimum absolute atomic E-state index is 0.00935. The molecule has 216 valence electrons. The van der Waals surface area contributed by atoms with E-state index in [1.165, 1.54) is 36.5 Å². The number of hydrogen-bond donors (Lipinski definition) is 1. The molecule has 0 spiro atoms. The standard InChI is InChI=1S/C30H28F5N3O3/c31-22-6-9-38(10-7-22)23-12-19(11-21(16-23)30(33,34)35)14-24(39)13-18-1-4-27(26(32)15-18)41-25-5-8-36-28(17-25)37-29(40)20-2-3-20/h1,4-5,8,11-12,15-17,20,22H,2-3,6-7,9-10,13-14H2,(H,36,37,40). The number of hydrogen-bond acceptors (Lipinski definition) is 5. The average molecular weight is 574 g/mol. The second-order valence-electron chi connectivity index (χ2n) is 10.4. The van der Waals surface area contributed by atoms with Crippen LogP contribution in [-0.4, -0.2) is 35.9 Å². The van der Waals surface area contributed by atoms with Crippen molar-refractivity contribution >= 4 is 23.2 Å². The van der Waals surface area contributed by atoms with E-state index >= 15 is 0 Å². The predicted octanol–water partition coefficient (Wildman–Crippen LogP) is 6.67. The minimum Gasteiger partial charge on any atom is -0.454 e. The van der Waals surface area contributed by atoms with Crippen LogP contribution in [0.25, 0.3) is 0 Å². The molecule has 1 aromatic heterocycles. The van der Waals surface area contributed by atoms with Gasteiger partial charge in [-0.25, -0.2) is 13.8 Å². The summed E-state index contributed by atoms with van der Waals surface area (Å²) in [6, 6.07) is 10.5. The molecule has 1 aliphatic heterocycles. The number of nitrogens with zero attached hydrogens (tertiary/aromatic N) is 2. The van der Waals surface area contributed by atoms with Crippen LogP contribution < -0.4 is 15.0 Å². The number of ketones is 1. The van der Waals surface area contributed by atoms with E-state index in [1.807, 2.05) is 0 Å². The van der Waals surface area contributed by atoms with Gasteiger partial charge in [-0.1, -0.05) is 6.07 Å². The third kappa shape index (κ3) is 7.59. The van der Waals surface area contributed by atoms with Gasteiger partial charge in [0.15, 0.2) is 11.6 Å². The Labute approximate surface area is 233 Å². The van der Waals surface area contributed by atoms with Gasteiger partial charge in [0, 0.05) is 49.8 Å². The van der Waals surface area contributed by atoms with E-state index in [0.29, 0.717) is 24.3 Å². The van der Waals surface area contributed by atoms with Crippen molar-refractivity contribution in [3.05, 3.63) is 77.2 Å². The molecule has 1 N–H and O–H groups in total. The van der Waals surface area contributed by atoms with Crippen molar-refractivity contribution in [3.63, 3.8) is 0 Å². The molecule has 2 heterocycles. The van der Waals surface area contributed by atoms with E-state index in [9.17, 15) is 31.5 Å². The summed E-state index contributed by atoms with van der Waals surface area (Å²) in [5, 5.41) is 2.69. The normalized spacial score (nSPS) is 16.0. The fourth-order valence-corrected chi connectivity index (χ4v) is 4.73. The number of alkyl halides is 4. The number of piperidine rings is 1. The summed E-state index contributed by atoms with van der Waals surface area (Å²) in [6.45, 7) is 0.582. The highest BCUT2D eigenvalue weighted by atomic mass is 19.4. The first-order valence-electron chi connectivity index (χ1n) is 13.4. The molecule has 0 unspecified atom stereocenters. The monoisotopic (exact) mass is 573 g/mol. The summed E-state index contributed by atoms with van der Waals surface area (Å²) in [7, 11) is 0. The molecule has 5 rings (SSSR count). The predicted molar refractivity (Wildman–Crippen MR) is 142 cm³/mol. The number of nitrogens with one attached hydrogen (secondary N) is 1. The number of aromatic nitrogens is 1. The van der Waals surface area contributed by atoms with Crippen LogP contribution in [0.1, 0.15) is 42.4 Å². The molecule has 0 radical (unpaired) electrons.